The fraction of sp³-hybridized carbons (Fsp3) is 0.350. The molecule has 1 atom stereocenters. The number of hydrogen-bond acceptors (Lipinski definition) is 3. The molecular weight excluding hydrogens is 400 g/mol. The maximum Gasteiger partial charge on any atom is 0.317 e. The lowest BCUT2D eigenvalue weighted by molar-refractivity contribution is 0.197. The van der Waals surface area contributed by atoms with Crippen LogP contribution < -0.4 is 5.32 Å². The fourth-order valence-electron chi connectivity index (χ4n) is 3.20. The van der Waals surface area contributed by atoms with Gasteiger partial charge >= 0.3 is 6.03 Å². The Labute approximate surface area is 169 Å². The number of benzene rings is 2. The lowest BCUT2D eigenvalue weighted by Gasteiger charge is -2.24. The van der Waals surface area contributed by atoms with Gasteiger partial charge in [0.1, 0.15) is 11.6 Å². The number of nitrogens with zero attached hydrogens (tertiary/aromatic N) is 2. The number of urea groups is 1. The van der Waals surface area contributed by atoms with Crippen LogP contribution in [0.2, 0.25) is 0 Å². The molecule has 1 N–H and O–H groups in total. The first-order chi connectivity index (χ1) is 13.8. The molecule has 0 bridgehead atoms. The number of rotatable bonds is 4. The van der Waals surface area contributed by atoms with Crippen molar-refractivity contribution in [3.05, 3.63) is 65.7 Å². The van der Waals surface area contributed by atoms with Crippen molar-refractivity contribution in [2.75, 3.05) is 26.2 Å². The highest BCUT2D eigenvalue weighted by atomic mass is 32.2. The highest BCUT2D eigenvalue weighted by Gasteiger charge is 2.28. The maximum absolute atomic E-state index is 13.1. The number of nitrogens with one attached hydrogen (secondary N) is 1. The van der Waals surface area contributed by atoms with Gasteiger partial charge in [0.2, 0.25) is 10.0 Å². The molecule has 2 amide bonds. The van der Waals surface area contributed by atoms with E-state index in [1.54, 1.807) is 24.0 Å². The zero-order valence-electron chi connectivity index (χ0n) is 16.0. The molecule has 1 fully saturated rings. The van der Waals surface area contributed by atoms with Crippen LogP contribution in [0.1, 0.15) is 24.9 Å². The summed E-state index contributed by atoms with van der Waals surface area (Å²) < 4.78 is 53.0. The molecule has 1 aliphatic heterocycles. The van der Waals surface area contributed by atoms with Crippen molar-refractivity contribution < 1.29 is 22.0 Å². The molecule has 0 saturated carbocycles. The van der Waals surface area contributed by atoms with Crippen molar-refractivity contribution in [3.63, 3.8) is 0 Å². The molecule has 0 aliphatic carbocycles. The second kappa shape index (κ2) is 8.87. The number of halogens is 2. The van der Waals surface area contributed by atoms with Crippen LogP contribution in [0, 0.1) is 11.6 Å². The topological polar surface area (TPSA) is 69.7 Å². The Morgan fingerprint density at radius 3 is 2.14 bits per heavy atom. The van der Waals surface area contributed by atoms with E-state index < -0.39 is 15.8 Å². The van der Waals surface area contributed by atoms with E-state index in [4.69, 9.17) is 0 Å². The van der Waals surface area contributed by atoms with Gasteiger partial charge in [-0.05, 0) is 55.3 Å². The van der Waals surface area contributed by atoms with Gasteiger partial charge in [-0.2, -0.15) is 4.31 Å². The molecule has 1 saturated heterocycles. The lowest BCUT2D eigenvalue weighted by Crippen LogP contribution is -2.43. The molecular formula is C20H23F2N3O3S. The molecule has 0 spiro atoms. The van der Waals surface area contributed by atoms with Crippen molar-refractivity contribution in [3.8, 4) is 0 Å². The van der Waals surface area contributed by atoms with Crippen molar-refractivity contribution in [2.45, 2.75) is 24.3 Å². The van der Waals surface area contributed by atoms with Crippen LogP contribution in [0.5, 0.6) is 0 Å². The molecule has 6 nitrogen and oxygen atoms in total. The Morgan fingerprint density at radius 2 is 1.52 bits per heavy atom. The third-order valence-electron chi connectivity index (χ3n) is 4.90. The quantitative estimate of drug-likeness (QED) is 0.822. The van der Waals surface area contributed by atoms with E-state index in [0.717, 1.165) is 17.7 Å². The summed E-state index contributed by atoms with van der Waals surface area (Å²) in [6.45, 7) is 2.88. The van der Waals surface area contributed by atoms with Gasteiger partial charge < -0.3 is 10.2 Å². The first-order valence-electron chi connectivity index (χ1n) is 9.34. The van der Waals surface area contributed by atoms with E-state index in [9.17, 15) is 22.0 Å². The normalized spacial score (nSPS) is 16.9. The number of amides is 2. The molecule has 1 aliphatic rings. The number of carbonyl (C=O) groups excluding carboxylic acids is 1. The van der Waals surface area contributed by atoms with E-state index in [0.29, 0.717) is 13.0 Å². The van der Waals surface area contributed by atoms with Gasteiger partial charge in [0.05, 0.1) is 10.9 Å². The smallest absolute Gasteiger partial charge is 0.317 e. The second-order valence-corrected chi connectivity index (χ2v) is 8.86. The summed E-state index contributed by atoms with van der Waals surface area (Å²) in [5, 5.41) is 2.86. The largest absolute Gasteiger partial charge is 0.331 e. The Balaban J connectivity index is 1.62. The molecule has 156 valence electrons. The molecule has 0 radical (unpaired) electrons. The summed E-state index contributed by atoms with van der Waals surface area (Å²) in [6.07, 6.45) is 0.485. The van der Waals surface area contributed by atoms with Crippen LogP contribution in [-0.2, 0) is 10.0 Å². The molecule has 2 aromatic carbocycles. The maximum atomic E-state index is 13.1. The lowest BCUT2D eigenvalue weighted by atomic mass is 10.1. The molecule has 1 heterocycles. The van der Waals surface area contributed by atoms with Crippen molar-refractivity contribution in [1.29, 1.82) is 0 Å². The van der Waals surface area contributed by atoms with E-state index in [1.165, 1.54) is 28.6 Å². The van der Waals surface area contributed by atoms with Crippen LogP contribution in [0.3, 0.4) is 0 Å². The van der Waals surface area contributed by atoms with Crippen LogP contribution in [-0.4, -0.2) is 49.8 Å². The summed E-state index contributed by atoms with van der Waals surface area (Å²) in [5.41, 5.74) is 0.773. The average molecular weight is 423 g/mol. The van der Waals surface area contributed by atoms with Gasteiger partial charge in [0.15, 0.2) is 0 Å². The zero-order valence-corrected chi connectivity index (χ0v) is 16.8. The Kier molecular flexibility index (Phi) is 6.49. The minimum Gasteiger partial charge on any atom is -0.331 e. The first kappa shape index (κ1) is 21.2. The third kappa shape index (κ3) is 5.10. The van der Waals surface area contributed by atoms with Crippen LogP contribution in [0.25, 0.3) is 0 Å². The Morgan fingerprint density at radius 1 is 0.931 bits per heavy atom. The van der Waals surface area contributed by atoms with Gasteiger partial charge in [0.25, 0.3) is 0 Å². The van der Waals surface area contributed by atoms with E-state index >= 15 is 0 Å². The molecule has 3 rings (SSSR count). The summed E-state index contributed by atoms with van der Waals surface area (Å²) in [5.74, 6) is -0.847. The molecule has 9 heteroatoms. The van der Waals surface area contributed by atoms with E-state index in [-0.39, 0.29) is 42.4 Å². The number of carbonyl (C=O) groups is 1. The summed E-state index contributed by atoms with van der Waals surface area (Å²) in [7, 11) is -3.75. The van der Waals surface area contributed by atoms with Crippen molar-refractivity contribution >= 4 is 16.1 Å². The SMILES string of the molecule is CC(NC(=O)N1CCCN(S(=O)(=O)c2ccc(F)cc2)CC1)c1ccc(F)cc1. The van der Waals surface area contributed by atoms with Crippen LogP contribution >= 0.6 is 0 Å². The molecule has 29 heavy (non-hydrogen) atoms. The minimum atomic E-state index is -3.75. The summed E-state index contributed by atoms with van der Waals surface area (Å²) in [6, 6.07) is 9.98. The van der Waals surface area contributed by atoms with E-state index in [1.807, 2.05) is 0 Å². The van der Waals surface area contributed by atoms with Gasteiger partial charge in [0, 0.05) is 26.2 Å². The van der Waals surface area contributed by atoms with Crippen LogP contribution in [0.4, 0.5) is 13.6 Å². The summed E-state index contributed by atoms with van der Waals surface area (Å²) in [4.78, 5) is 14.2. The second-order valence-electron chi connectivity index (χ2n) is 6.92. The number of hydrogen-bond donors (Lipinski definition) is 1. The van der Waals surface area contributed by atoms with Gasteiger partial charge in [-0.25, -0.2) is 22.0 Å². The minimum absolute atomic E-state index is 0.0294. The molecule has 2 aromatic rings. The van der Waals surface area contributed by atoms with E-state index in [2.05, 4.69) is 5.32 Å². The monoisotopic (exact) mass is 423 g/mol. The van der Waals surface area contributed by atoms with Gasteiger partial charge in [-0.1, -0.05) is 12.1 Å². The molecule has 1 unspecified atom stereocenters. The standard InChI is InChI=1S/C20H23F2N3O3S/c1-15(16-3-5-17(21)6-4-16)23-20(26)24-11-2-12-25(14-13-24)29(27,28)19-9-7-18(22)8-10-19/h3-10,15H,2,11-14H2,1H3,(H,23,26). The van der Waals surface area contributed by atoms with Crippen LogP contribution in [0.15, 0.2) is 53.4 Å². The highest BCUT2D eigenvalue weighted by Crippen LogP contribution is 2.19. The average Bonchev–Trinajstić information content (AvgIpc) is 2.95. The zero-order chi connectivity index (χ0) is 21.0. The predicted molar refractivity (Wildman–Crippen MR) is 105 cm³/mol. The predicted octanol–water partition coefficient (Wildman–Crippen LogP) is 3.13. The third-order valence-corrected chi connectivity index (χ3v) is 6.82. The first-order valence-corrected chi connectivity index (χ1v) is 10.8. The Hall–Kier alpha value is -2.52. The summed E-state index contributed by atoms with van der Waals surface area (Å²) >= 11 is 0. The van der Waals surface area contributed by atoms with Gasteiger partial charge in [-0.15, -0.1) is 0 Å². The van der Waals surface area contributed by atoms with Crippen molar-refractivity contribution in [2.24, 2.45) is 0 Å². The van der Waals surface area contributed by atoms with Gasteiger partial charge in [-0.3, -0.25) is 0 Å². The molecule has 0 aromatic heterocycles. The number of sulfonamides is 1. The van der Waals surface area contributed by atoms with Crippen molar-refractivity contribution in [1.82, 2.24) is 14.5 Å². The Bertz CT molecular complexity index is 950. The highest BCUT2D eigenvalue weighted by molar-refractivity contribution is 7.89. The fourth-order valence-corrected chi connectivity index (χ4v) is 4.67.